The first-order valence-electron chi connectivity index (χ1n) is 13.7. The predicted molar refractivity (Wildman–Crippen MR) is 159 cm³/mol. The molecular weight excluding hydrogens is 619 g/mol. The SMILES string of the molecule is CC(C)(C)c1cccc(CNS(=O)(=O)c2ccc3nc(NC[C@@H]4[C@@H](c5ccccc5)C4(F)F)ccc3c2)n1.O=C(O)C(F)(F)F. The van der Waals surface area contributed by atoms with Crippen molar-refractivity contribution in [2.45, 2.75) is 55.6 Å². The molecule has 0 spiro atoms. The third-order valence-electron chi connectivity index (χ3n) is 7.10. The molecule has 1 aliphatic rings. The van der Waals surface area contributed by atoms with Crippen molar-refractivity contribution in [2.24, 2.45) is 5.92 Å². The van der Waals surface area contributed by atoms with E-state index in [1.54, 1.807) is 54.6 Å². The van der Waals surface area contributed by atoms with Crippen LogP contribution in [0.15, 0.2) is 83.8 Å². The van der Waals surface area contributed by atoms with Crippen LogP contribution in [0.5, 0.6) is 0 Å². The third-order valence-corrected chi connectivity index (χ3v) is 8.49. The second kappa shape index (κ2) is 12.7. The molecule has 1 aliphatic carbocycles. The molecule has 2 aromatic heterocycles. The van der Waals surface area contributed by atoms with Gasteiger partial charge in [-0.25, -0.2) is 31.7 Å². The lowest BCUT2D eigenvalue weighted by Gasteiger charge is -2.18. The first kappa shape index (κ1) is 33.7. The molecule has 3 N–H and O–H groups in total. The molecule has 2 atom stereocenters. The van der Waals surface area contributed by atoms with Crippen molar-refractivity contribution >= 4 is 32.7 Å². The number of carbonyl (C=O) groups is 1. The number of carboxylic acid groups (broad SMARTS) is 1. The van der Waals surface area contributed by atoms with Crippen molar-refractivity contribution in [1.29, 1.82) is 0 Å². The van der Waals surface area contributed by atoms with Crippen LogP contribution in [-0.2, 0) is 26.8 Å². The summed E-state index contributed by atoms with van der Waals surface area (Å²) >= 11 is 0. The van der Waals surface area contributed by atoms with E-state index in [2.05, 4.69) is 40.8 Å². The number of sulfonamides is 1. The van der Waals surface area contributed by atoms with Crippen molar-refractivity contribution in [2.75, 3.05) is 11.9 Å². The van der Waals surface area contributed by atoms with E-state index in [0.29, 0.717) is 28.0 Å². The van der Waals surface area contributed by atoms with E-state index in [-0.39, 0.29) is 23.4 Å². The summed E-state index contributed by atoms with van der Waals surface area (Å²) in [5, 5.41) is 10.8. The summed E-state index contributed by atoms with van der Waals surface area (Å²) in [6.07, 6.45) is -5.08. The maximum atomic E-state index is 14.4. The second-order valence-corrected chi connectivity index (χ2v) is 13.3. The number of benzene rings is 2. The Morgan fingerprint density at radius 2 is 1.60 bits per heavy atom. The molecule has 14 heteroatoms. The number of nitrogens with one attached hydrogen (secondary N) is 2. The zero-order valence-electron chi connectivity index (χ0n) is 24.4. The quantitative estimate of drug-likeness (QED) is 0.186. The first-order valence-corrected chi connectivity index (χ1v) is 15.2. The Bertz CT molecular complexity index is 1780. The van der Waals surface area contributed by atoms with Crippen LogP contribution in [0, 0.1) is 5.92 Å². The molecule has 240 valence electrons. The van der Waals surface area contributed by atoms with Gasteiger partial charge in [-0.2, -0.15) is 13.2 Å². The number of hydrogen-bond acceptors (Lipinski definition) is 6. The van der Waals surface area contributed by atoms with Gasteiger partial charge < -0.3 is 10.4 Å². The monoisotopic (exact) mass is 650 g/mol. The van der Waals surface area contributed by atoms with E-state index in [0.717, 1.165) is 5.69 Å². The van der Waals surface area contributed by atoms with Crippen LogP contribution in [-0.4, -0.2) is 48.1 Å². The number of halogens is 5. The van der Waals surface area contributed by atoms with Crippen LogP contribution in [0.3, 0.4) is 0 Å². The highest BCUT2D eigenvalue weighted by atomic mass is 32.2. The summed E-state index contributed by atoms with van der Waals surface area (Å²) in [6, 6.07) is 22.5. The van der Waals surface area contributed by atoms with Gasteiger partial charge in [0, 0.05) is 23.0 Å². The smallest absolute Gasteiger partial charge is 0.475 e. The van der Waals surface area contributed by atoms with Crippen LogP contribution >= 0.6 is 0 Å². The van der Waals surface area contributed by atoms with Crippen LogP contribution in [0.1, 0.15) is 43.6 Å². The molecule has 0 bridgehead atoms. The Kier molecular flexibility index (Phi) is 9.50. The number of anilines is 1. The van der Waals surface area contributed by atoms with E-state index >= 15 is 0 Å². The number of aromatic nitrogens is 2. The Morgan fingerprint density at radius 3 is 2.22 bits per heavy atom. The van der Waals surface area contributed by atoms with Gasteiger partial charge in [0.15, 0.2) is 0 Å². The van der Waals surface area contributed by atoms with Crippen molar-refractivity contribution in [3.05, 3.63) is 95.8 Å². The molecule has 0 unspecified atom stereocenters. The van der Waals surface area contributed by atoms with Crippen molar-refractivity contribution < 1.29 is 40.3 Å². The van der Waals surface area contributed by atoms with E-state index in [1.807, 2.05) is 18.2 Å². The van der Waals surface area contributed by atoms with Crippen LogP contribution in [0.25, 0.3) is 10.9 Å². The number of hydrogen-bond donors (Lipinski definition) is 3. The molecule has 1 fully saturated rings. The fourth-order valence-corrected chi connectivity index (χ4v) is 5.62. The van der Waals surface area contributed by atoms with Gasteiger partial charge in [-0.05, 0) is 48.0 Å². The summed E-state index contributed by atoms with van der Waals surface area (Å²) in [6.45, 7) is 6.31. The topological polar surface area (TPSA) is 121 Å². The van der Waals surface area contributed by atoms with E-state index in [1.165, 1.54) is 6.07 Å². The van der Waals surface area contributed by atoms with Gasteiger partial charge in [-0.15, -0.1) is 0 Å². The molecule has 2 heterocycles. The average molecular weight is 651 g/mol. The average Bonchev–Trinajstić information content (AvgIpc) is 3.54. The zero-order valence-corrected chi connectivity index (χ0v) is 25.3. The maximum absolute atomic E-state index is 14.4. The van der Waals surface area contributed by atoms with Crippen LogP contribution in [0.4, 0.5) is 27.8 Å². The standard InChI is InChI=1S/C29H30F2N4O2S.C2HF3O2/c1-28(2,3)25-11-7-10-21(34-25)17-33-38(36,37)22-13-14-24-20(16-22)12-15-26(35-24)32-18-23-27(29(23,30)31)19-8-5-4-6-9-19;3-2(4,5)1(6)7/h4-16,23,27,33H,17-18H2,1-3H3,(H,32,35);(H,6,7)/t23-,27-;/m1./s1. The first-order chi connectivity index (χ1) is 20.9. The minimum Gasteiger partial charge on any atom is -0.475 e. The molecule has 0 amide bonds. The molecule has 0 saturated heterocycles. The fraction of sp³-hybridized carbons (Fsp3) is 0.323. The number of fused-ring (bicyclic) bond motifs is 1. The van der Waals surface area contributed by atoms with Crippen molar-refractivity contribution in [3.63, 3.8) is 0 Å². The normalized spacial score (nSPS) is 17.7. The molecule has 8 nitrogen and oxygen atoms in total. The third kappa shape index (κ3) is 8.31. The molecule has 4 aromatic rings. The van der Waals surface area contributed by atoms with Gasteiger partial charge in [-0.1, -0.05) is 57.2 Å². The molecule has 0 aliphatic heterocycles. The number of rotatable bonds is 8. The molecule has 1 saturated carbocycles. The highest BCUT2D eigenvalue weighted by Crippen LogP contribution is 2.61. The number of alkyl halides is 5. The number of carboxylic acids is 1. The second-order valence-electron chi connectivity index (χ2n) is 11.5. The van der Waals surface area contributed by atoms with Gasteiger partial charge in [0.2, 0.25) is 10.0 Å². The summed E-state index contributed by atoms with van der Waals surface area (Å²) < 4.78 is 89.0. The minimum absolute atomic E-state index is 0.0706. The summed E-state index contributed by atoms with van der Waals surface area (Å²) in [7, 11) is -3.78. The number of pyridine rings is 2. The Labute approximate surface area is 256 Å². The maximum Gasteiger partial charge on any atom is 0.490 e. The molecule has 5 rings (SSSR count). The lowest BCUT2D eigenvalue weighted by atomic mass is 9.91. The molecule has 2 aromatic carbocycles. The largest absolute Gasteiger partial charge is 0.490 e. The van der Waals surface area contributed by atoms with Crippen LogP contribution < -0.4 is 10.0 Å². The Morgan fingerprint density at radius 1 is 0.933 bits per heavy atom. The highest BCUT2D eigenvalue weighted by molar-refractivity contribution is 7.89. The van der Waals surface area contributed by atoms with Crippen LogP contribution in [0.2, 0.25) is 0 Å². The predicted octanol–water partition coefficient (Wildman–Crippen LogP) is 6.50. The molecule has 0 radical (unpaired) electrons. The lowest BCUT2D eigenvalue weighted by molar-refractivity contribution is -0.192. The van der Waals surface area contributed by atoms with Gasteiger partial charge in [0.1, 0.15) is 5.82 Å². The molecule has 45 heavy (non-hydrogen) atoms. The van der Waals surface area contributed by atoms with E-state index in [4.69, 9.17) is 9.90 Å². The zero-order chi connectivity index (χ0) is 33.2. The fourth-order valence-electron chi connectivity index (χ4n) is 4.59. The summed E-state index contributed by atoms with van der Waals surface area (Å²) in [4.78, 5) is 18.1. The van der Waals surface area contributed by atoms with Gasteiger partial charge in [0.25, 0.3) is 5.92 Å². The van der Waals surface area contributed by atoms with Crippen molar-refractivity contribution in [1.82, 2.24) is 14.7 Å². The summed E-state index contributed by atoms with van der Waals surface area (Å²) in [5.74, 6) is -6.66. The lowest BCUT2D eigenvalue weighted by Crippen LogP contribution is -2.24. The summed E-state index contributed by atoms with van der Waals surface area (Å²) in [5.41, 5.74) is 2.58. The Balaban J connectivity index is 0.000000591. The van der Waals surface area contributed by atoms with Gasteiger partial charge in [0.05, 0.1) is 34.5 Å². The van der Waals surface area contributed by atoms with Gasteiger partial charge in [-0.3, -0.25) is 4.98 Å². The van der Waals surface area contributed by atoms with E-state index in [9.17, 15) is 30.4 Å². The Hall–Kier alpha value is -4.17. The van der Waals surface area contributed by atoms with E-state index < -0.39 is 39.9 Å². The highest BCUT2D eigenvalue weighted by Gasteiger charge is 2.68. The van der Waals surface area contributed by atoms with Gasteiger partial charge >= 0.3 is 12.1 Å². The molecular formula is C31H31F5N4O4S. The number of nitrogens with zero attached hydrogens (tertiary/aromatic N) is 2. The minimum atomic E-state index is -5.08. The number of aliphatic carboxylic acids is 1. The van der Waals surface area contributed by atoms with Crippen molar-refractivity contribution in [3.8, 4) is 0 Å².